The number of piperidine rings is 1. The number of piperazine rings is 1. The number of halogens is 2. The van der Waals surface area contributed by atoms with Gasteiger partial charge in [0.05, 0.1) is 0 Å². The van der Waals surface area contributed by atoms with Gasteiger partial charge in [0.15, 0.2) is 0 Å². The molecule has 3 atom stereocenters. The van der Waals surface area contributed by atoms with Gasteiger partial charge in [-0.2, -0.15) is 0 Å². The highest BCUT2D eigenvalue weighted by Gasteiger charge is 2.45. The zero-order valence-electron chi connectivity index (χ0n) is 7.74. The molecule has 0 spiro atoms. The van der Waals surface area contributed by atoms with E-state index < -0.39 is 0 Å². The fraction of sp³-hybridized carbons (Fsp3) is 1.00. The first-order chi connectivity index (χ1) is 5.45. The van der Waals surface area contributed by atoms with Crippen LogP contribution in [0.3, 0.4) is 0 Å². The molecule has 2 nitrogen and oxygen atoms in total. The van der Waals surface area contributed by atoms with Gasteiger partial charge in [0, 0.05) is 31.7 Å². The molecule has 0 radical (unpaired) electrons. The Hall–Kier alpha value is 0.500. The average Bonchev–Trinajstić information content (AvgIpc) is 2.64. The van der Waals surface area contributed by atoms with Crippen molar-refractivity contribution in [1.29, 1.82) is 0 Å². The Balaban J connectivity index is 0.000000422. The van der Waals surface area contributed by atoms with Crippen LogP contribution in [0.15, 0.2) is 0 Å². The first kappa shape index (κ1) is 11.6. The summed E-state index contributed by atoms with van der Waals surface area (Å²) < 4.78 is 0. The maximum atomic E-state index is 3.50. The first-order valence-electron chi connectivity index (χ1n) is 4.91. The van der Waals surface area contributed by atoms with Crippen LogP contribution in [0.2, 0.25) is 0 Å². The lowest BCUT2D eigenvalue weighted by molar-refractivity contribution is 0.112. The highest BCUT2D eigenvalue weighted by molar-refractivity contribution is 5.85. The third-order valence-corrected chi connectivity index (χ3v) is 3.78. The Kier molecular flexibility index (Phi) is 3.87. The van der Waals surface area contributed by atoms with Crippen LogP contribution < -0.4 is 5.32 Å². The van der Waals surface area contributed by atoms with Crippen LogP contribution in [0.1, 0.15) is 19.3 Å². The molecule has 3 rings (SSSR count). The fourth-order valence-electron chi connectivity index (χ4n) is 3.27. The van der Waals surface area contributed by atoms with Gasteiger partial charge in [0.1, 0.15) is 0 Å². The van der Waals surface area contributed by atoms with Gasteiger partial charge in [0.25, 0.3) is 0 Å². The lowest BCUT2D eigenvalue weighted by atomic mass is 9.97. The van der Waals surface area contributed by atoms with E-state index in [0.29, 0.717) is 0 Å². The zero-order valence-corrected chi connectivity index (χ0v) is 9.37. The number of nitrogens with one attached hydrogen (secondary N) is 1. The topological polar surface area (TPSA) is 15.3 Å². The third kappa shape index (κ3) is 1.70. The van der Waals surface area contributed by atoms with E-state index in [4.69, 9.17) is 0 Å². The molecule has 1 unspecified atom stereocenters. The first-order valence-corrected chi connectivity index (χ1v) is 4.91. The number of fused-ring (bicyclic) bond motifs is 5. The van der Waals surface area contributed by atoms with Gasteiger partial charge in [-0.1, -0.05) is 0 Å². The second-order valence-corrected chi connectivity index (χ2v) is 4.24. The molecule has 78 valence electrons. The molecule has 2 aliphatic heterocycles. The second kappa shape index (κ2) is 4.35. The van der Waals surface area contributed by atoms with Crippen molar-refractivity contribution in [2.45, 2.75) is 31.3 Å². The molecule has 1 aliphatic carbocycles. The van der Waals surface area contributed by atoms with Crippen LogP contribution in [0.4, 0.5) is 0 Å². The predicted octanol–water partition coefficient (Wildman–Crippen LogP) is 1.29. The second-order valence-electron chi connectivity index (χ2n) is 4.24. The molecule has 0 aromatic carbocycles. The SMILES string of the molecule is C1CN2C(CN1)[C@H]1CC[C@@H]2C1.Cl.Cl. The van der Waals surface area contributed by atoms with E-state index in [1.54, 1.807) is 0 Å². The van der Waals surface area contributed by atoms with Gasteiger partial charge in [-0.25, -0.2) is 0 Å². The van der Waals surface area contributed by atoms with Crippen LogP contribution in [0, 0.1) is 5.92 Å². The largest absolute Gasteiger partial charge is 0.314 e. The summed E-state index contributed by atoms with van der Waals surface area (Å²) in [5.74, 6) is 1.05. The van der Waals surface area contributed by atoms with E-state index in [-0.39, 0.29) is 24.8 Å². The quantitative estimate of drug-likeness (QED) is 0.668. The number of nitrogens with zero attached hydrogens (tertiary/aromatic N) is 1. The smallest absolute Gasteiger partial charge is 0.0252 e. The Bertz CT molecular complexity index is 159. The molecule has 0 aromatic rings. The van der Waals surface area contributed by atoms with E-state index in [0.717, 1.165) is 18.0 Å². The van der Waals surface area contributed by atoms with Gasteiger partial charge in [0.2, 0.25) is 0 Å². The fourth-order valence-corrected chi connectivity index (χ4v) is 3.27. The number of hydrogen-bond acceptors (Lipinski definition) is 2. The minimum Gasteiger partial charge on any atom is -0.314 e. The van der Waals surface area contributed by atoms with Crippen molar-refractivity contribution in [3.05, 3.63) is 0 Å². The van der Waals surface area contributed by atoms with Crippen LogP contribution in [-0.2, 0) is 0 Å². The summed E-state index contributed by atoms with van der Waals surface area (Å²) in [5, 5.41) is 3.50. The molecule has 2 saturated heterocycles. The van der Waals surface area contributed by atoms with E-state index in [9.17, 15) is 0 Å². The molecular formula is C9H18Cl2N2. The summed E-state index contributed by atoms with van der Waals surface area (Å²) in [4.78, 5) is 2.75. The summed E-state index contributed by atoms with van der Waals surface area (Å²) in [6.45, 7) is 3.80. The molecule has 1 N–H and O–H groups in total. The van der Waals surface area contributed by atoms with Crippen LogP contribution in [0.25, 0.3) is 0 Å². The van der Waals surface area contributed by atoms with Crippen molar-refractivity contribution in [2.24, 2.45) is 5.92 Å². The summed E-state index contributed by atoms with van der Waals surface area (Å²) in [5.41, 5.74) is 0. The van der Waals surface area contributed by atoms with E-state index in [1.165, 1.54) is 38.9 Å². The molecule has 2 heterocycles. The third-order valence-electron chi connectivity index (χ3n) is 3.78. The van der Waals surface area contributed by atoms with Crippen molar-refractivity contribution in [1.82, 2.24) is 10.2 Å². The molecule has 1 saturated carbocycles. The lowest BCUT2D eigenvalue weighted by Gasteiger charge is -2.39. The van der Waals surface area contributed by atoms with Crippen molar-refractivity contribution in [2.75, 3.05) is 19.6 Å². The van der Waals surface area contributed by atoms with Crippen molar-refractivity contribution < 1.29 is 0 Å². The Morgan fingerprint density at radius 2 is 2.00 bits per heavy atom. The summed E-state index contributed by atoms with van der Waals surface area (Å²) in [6, 6.07) is 1.90. The molecular weight excluding hydrogens is 207 g/mol. The van der Waals surface area contributed by atoms with Gasteiger partial charge in [-0.3, -0.25) is 4.90 Å². The van der Waals surface area contributed by atoms with Crippen molar-refractivity contribution >= 4 is 24.8 Å². The van der Waals surface area contributed by atoms with Gasteiger partial charge < -0.3 is 5.32 Å². The van der Waals surface area contributed by atoms with Crippen LogP contribution >= 0.6 is 24.8 Å². The maximum absolute atomic E-state index is 3.50. The standard InChI is InChI=1S/C9H16N2.2ClH/c1-2-8-5-7(1)9-6-10-3-4-11(8)9;;/h7-10H,1-6H2;2*1H/t7-,8+,9?;;/m0../s1. The lowest BCUT2D eigenvalue weighted by Crippen LogP contribution is -2.53. The molecule has 3 aliphatic rings. The van der Waals surface area contributed by atoms with Crippen molar-refractivity contribution in [3.8, 4) is 0 Å². The normalized spacial score (nSPS) is 42.0. The summed E-state index contributed by atoms with van der Waals surface area (Å²) in [6.07, 6.45) is 4.50. The summed E-state index contributed by atoms with van der Waals surface area (Å²) in [7, 11) is 0. The highest BCUT2D eigenvalue weighted by Crippen LogP contribution is 2.42. The van der Waals surface area contributed by atoms with Gasteiger partial charge in [-0.05, 0) is 25.2 Å². The van der Waals surface area contributed by atoms with Gasteiger partial charge in [-0.15, -0.1) is 24.8 Å². The highest BCUT2D eigenvalue weighted by atomic mass is 35.5. The minimum atomic E-state index is 0. The Morgan fingerprint density at radius 3 is 2.77 bits per heavy atom. The molecule has 0 amide bonds. The van der Waals surface area contributed by atoms with E-state index in [2.05, 4.69) is 10.2 Å². The average molecular weight is 225 g/mol. The minimum absolute atomic E-state index is 0. The molecule has 0 aromatic heterocycles. The Labute approximate surface area is 92.3 Å². The molecule has 13 heavy (non-hydrogen) atoms. The maximum Gasteiger partial charge on any atom is 0.0252 e. The van der Waals surface area contributed by atoms with Crippen LogP contribution in [-0.4, -0.2) is 36.6 Å². The number of hydrogen-bond donors (Lipinski definition) is 1. The summed E-state index contributed by atoms with van der Waals surface area (Å²) >= 11 is 0. The van der Waals surface area contributed by atoms with Crippen molar-refractivity contribution in [3.63, 3.8) is 0 Å². The molecule has 4 heteroatoms. The monoisotopic (exact) mass is 224 g/mol. The molecule has 3 fully saturated rings. The predicted molar refractivity (Wildman–Crippen MR) is 59.0 cm³/mol. The van der Waals surface area contributed by atoms with E-state index in [1.807, 2.05) is 0 Å². The van der Waals surface area contributed by atoms with Gasteiger partial charge >= 0.3 is 0 Å². The Morgan fingerprint density at radius 1 is 1.15 bits per heavy atom. The van der Waals surface area contributed by atoms with E-state index >= 15 is 0 Å². The van der Waals surface area contributed by atoms with Crippen LogP contribution in [0.5, 0.6) is 0 Å². The zero-order chi connectivity index (χ0) is 7.26. The number of rotatable bonds is 0. The molecule has 2 bridgehead atoms.